The van der Waals surface area contributed by atoms with Crippen molar-refractivity contribution in [1.29, 1.82) is 0 Å². The normalized spacial score (nSPS) is 17.3. The lowest BCUT2D eigenvalue weighted by Gasteiger charge is -2.13. The maximum Gasteiger partial charge on any atom is 0.00361 e. The van der Waals surface area contributed by atoms with Crippen molar-refractivity contribution in [2.75, 3.05) is 0 Å². The summed E-state index contributed by atoms with van der Waals surface area (Å²) >= 11 is 0. The van der Waals surface area contributed by atoms with Gasteiger partial charge in [0.1, 0.15) is 0 Å². The molecule has 0 radical (unpaired) electrons. The molecule has 0 aromatic carbocycles. The summed E-state index contributed by atoms with van der Waals surface area (Å²) in [5.74, 6) is 0.699. The quantitative estimate of drug-likeness (QED) is 0.618. The Morgan fingerprint density at radius 3 is 2.22 bits per heavy atom. The van der Waals surface area contributed by atoms with Gasteiger partial charge in [-0.3, -0.25) is 0 Å². The lowest BCUT2D eigenvalue weighted by molar-refractivity contribution is 0.435. The maximum atomic E-state index is 5.68. The van der Waals surface area contributed by atoms with E-state index < -0.39 is 0 Å². The van der Waals surface area contributed by atoms with Crippen LogP contribution in [0.5, 0.6) is 0 Å². The summed E-state index contributed by atoms with van der Waals surface area (Å²) in [7, 11) is 0. The smallest absolute Gasteiger partial charge is 0.00361 e. The van der Waals surface area contributed by atoms with E-state index in [1.807, 2.05) is 0 Å². The molecule has 0 spiro atoms. The molecule has 0 fully saturated rings. The largest absolute Gasteiger partial charge is 0.328 e. The molecule has 2 N–H and O–H groups in total. The predicted octanol–water partition coefficient (Wildman–Crippen LogP) is 2.16. The predicted molar refractivity (Wildman–Crippen MR) is 42.3 cm³/mol. The van der Waals surface area contributed by atoms with E-state index in [1.165, 1.54) is 19.3 Å². The van der Waals surface area contributed by atoms with Crippen molar-refractivity contribution in [2.45, 2.75) is 46.1 Å². The molecule has 0 bridgehead atoms. The van der Waals surface area contributed by atoms with Crippen molar-refractivity contribution >= 4 is 0 Å². The molecule has 0 unspecified atom stereocenters. The highest BCUT2D eigenvalue weighted by Gasteiger charge is 2.04. The van der Waals surface area contributed by atoms with Crippen molar-refractivity contribution in [3.63, 3.8) is 0 Å². The Labute approximate surface area is 58.6 Å². The lowest BCUT2D eigenvalue weighted by Crippen LogP contribution is -2.23. The zero-order valence-electron chi connectivity index (χ0n) is 6.85. The third kappa shape index (κ3) is 4.46. The van der Waals surface area contributed by atoms with E-state index in [0.29, 0.717) is 12.0 Å². The van der Waals surface area contributed by atoms with Crippen LogP contribution in [-0.2, 0) is 0 Å². The van der Waals surface area contributed by atoms with E-state index >= 15 is 0 Å². The van der Waals surface area contributed by atoms with Crippen LogP contribution in [0.25, 0.3) is 0 Å². The second-order valence-corrected chi connectivity index (χ2v) is 2.98. The molecule has 56 valence electrons. The van der Waals surface area contributed by atoms with Crippen molar-refractivity contribution in [1.82, 2.24) is 0 Å². The molecule has 1 heteroatoms. The second-order valence-electron chi connectivity index (χ2n) is 2.98. The molecule has 0 aliphatic carbocycles. The van der Waals surface area contributed by atoms with Crippen LogP contribution in [0, 0.1) is 5.92 Å². The number of hydrogen-bond donors (Lipinski definition) is 1. The van der Waals surface area contributed by atoms with Gasteiger partial charge >= 0.3 is 0 Å². The van der Waals surface area contributed by atoms with E-state index in [1.54, 1.807) is 0 Å². The summed E-state index contributed by atoms with van der Waals surface area (Å²) in [4.78, 5) is 0. The van der Waals surface area contributed by atoms with E-state index in [9.17, 15) is 0 Å². The van der Waals surface area contributed by atoms with Gasteiger partial charge in [0.05, 0.1) is 0 Å². The molecule has 0 aliphatic heterocycles. The maximum absolute atomic E-state index is 5.68. The molecule has 1 nitrogen and oxygen atoms in total. The molecule has 0 aliphatic rings. The summed E-state index contributed by atoms with van der Waals surface area (Å²) in [5, 5.41) is 0. The van der Waals surface area contributed by atoms with Gasteiger partial charge in [-0.05, 0) is 19.3 Å². The second kappa shape index (κ2) is 4.80. The molecular weight excluding hydrogens is 110 g/mol. The zero-order valence-corrected chi connectivity index (χ0v) is 6.85. The van der Waals surface area contributed by atoms with Crippen LogP contribution in [0.1, 0.15) is 40.0 Å². The molecule has 0 aromatic rings. The van der Waals surface area contributed by atoms with Crippen molar-refractivity contribution < 1.29 is 0 Å². The first kappa shape index (κ1) is 8.96. The van der Waals surface area contributed by atoms with Crippen LogP contribution in [0.3, 0.4) is 0 Å². The molecule has 0 amide bonds. The minimum absolute atomic E-state index is 0.372. The molecular formula is C8H19N. The van der Waals surface area contributed by atoms with Crippen molar-refractivity contribution in [3.8, 4) is 0 Å². The standard InChI is InChI=1S/C8H19N/c1-4-5-6-7(2)8(3)9/h7-8H,4-6,9H2,1-3H3/t7-,8-/m0/s1. The fraction of sp³-hybridized carbons (Fsp3) is 1.00. The molecule has 0 heterocycles. The van der Waals surface area contributed by atoms with Crippen LogP contribution < -0.4 is 5.73 Å². The first-order valence-corrected chi connectivity index (χ1v) is 3.94. The average Bonchev–Trinajstić information content (AvgIpc) is 1.82. The monoisotopic (exact) mass is 129 g/mol. The lowest BCUT2D eigenvalue weighted by atomic mass is 9.98. The van der Waals surface area contributed by atoms with Crippen LogP contribution in [-0.4, -0.2) is 6.04 Å². The number of unbranched alkanes of at least 4 members (excludes halogenated alkanes) is 1. The van der Waals surface area contributed by atoms with Gasteiger partial charge in [-0.25, -0.2) is 0 Å². The van der Waals surface area contributed by atoms with Gasteiger partial charge in [0.25, 0.3) is 0 Å². The minimum Gasteiger partial charge on any atom is -0.328 e. The summed E-state index contributed by atoms with van der Waals surface area (Å²) < 4.78 is 0. The molecule has 9 heavy (non-hydrogen) atoms. The van der Waals surface area contributed by atoms with Gasteiger partial charge in [-0.15, -0.1) is 0 Å². The average molecular weight is 129 g/mol. The number of nitrogens with two attached hydrogens (primary N) is 1. The van der Waals surface area contributed by atoms with Gasteiger partial charge in [0.2, 0.25) is 0 Å². The fourth-order valence-electron chi connectivity index (χ4n) is 0.789. The Hall–Kier alpha value is -0.0400. The summed E-state index contributed by atoms with van der Waals surface area (Å²) in [5.41, 5.74) is 5.68. The summed E-state index contributed by atoms with van der Waals surface area (Å²) in [6.45, 7) is 6.52. The highest BCUT2D eigenvalue weighted by atomic mass is 14.6. The highest BCUT2D eigenvalue weighted by molar-refractivity contribution is 4.62. The van der Waals surface area contributed by atoms with Crippen molar-refractivity contribution in [3.05, 3.63) is 0 Å². The van der Waals surface area contributed by atoms with E-state index in [4.69, 9.17) is 5.73 Å². The van der Waals surface area contributed by atoms with Gasteiger partial charge in [-0.1, -0.05) is 26.7 Å². The van der Waals surface area contributed by atoms with Crippen LogP contribution in [0.4, 0.5) is 0 Å². The minimum atomic E-state index is 0.372. The summed E-state index contributed by atoms with van der Waals surface area (Å²) in [6, 6.07) is 0.372. The van der Waals surface area contributed by atoms with Crippen molar-refractivity contribution in [2.24, 2.45) is 11.7 Å². The third-order valence-corrected chi connectivity index (χ3v) is 1.91. The first-order valence-electron chi connectivity index (χ1n) is 3.94. The molecule has 0 rings (SSSR count). The van der Waals surface area contributed by atoms with E-state index in [-0.39, 0.29) is 0 Å². The molecule has 0 aromatic heterocycles. The van der Waals surface area contributed by atoms with E-state index in [2.05, 4.69) is 20.8 Å². The summed E-state index contributed by atoms with van der Waals surface area (Å²) in [6.07, 6.45) is 3.90. The Bertz CT molecular complexity index is 59.6. The Morgan fingerprint density at radius 2 is 1.89 bits per heavy atom. The third-order valence-electron chi connectivity index (χ3n) is 1.91. The topological polar surface area (TPSA) is 26.0 Å². The van der Waals surface area contributed by atoms with Gasteiger partial charge in [0, 0.05) is 6.04 Å². The van der Waals surface area contributed by atoms with Gasteiger partial charge in [-0.2, -0.15) is 0 Å². The molecule has 0 saturated heterocycles. The van der Waals surface area contributed by atoms with Crippen LogP contribution in [0.2, 0.25) is 0 Å². The fourth-order valence-corrected chi connectivity index (χ4v) is 0.789. The SMILES string of the molecule is CCCC[C@H](C)[C@H](C)N. The van der Waals surface area contributed by atoms with Crippen LogP contribution in [0.15, 0.2) is 0 Å². The molecule has 0 saturated carbocycles. The van der Waals surface area contributed by atoms with E-state index in [0.717, 1.165) is 0 Å². The number of hydrogen-bond acceptors (Lipinski definition) is 1. The Kier molecular flexibility index (Phi) is 4.78. The Morgan fingerprint density at radius 1 is 1.33 bits per heavy atom. The van der Waals surface area contributed by atoms with Crippen LogP contribution >= 0.6 is 0 Å². The first-order chi connectivity index (χ1) is 4.18. The number of rotatable bonds is 4. The zero-order chi connectivity index (χ0) is 7.28. The highest BCUT2D eigenvalue weighted by Crippen LogP contribution is 2.09. The van der Waals surface area contributed by atoms with Gasteiger partial charge in [0.15, 0.2) is 0 Å². The Balaban J connectivity index is 3.16. The molecule has 2 atom stereocenters. The van der Waals surface area contributed by atoms with Gasteiger partial charge < -0.3 is 5.73 Å².